The van der Waals surface area contributed by atoms with Crippen molar-refractivity contribution in [3.05, 3.63) is 266 Å². The van der Waals surface area contributed by atoms with Crippen LogP contribution >= 0.6 is 0 Å². The largest absolute Gasteiger partial charge is 0.310 e. The molecule has 0 aliphatic rings. The van der Waals surface area contributed by atoms with Gasteiger partial charge in [0.1, 0.15) is 0 Å². The fraction of sp³-hybridized carbons (Fsp3) is 0.0556. The lowest BCUT2D eigenvalue weighted by Crippen LogP contribution is -2.10. The normalized spacial score (nSPS) is 11.5. The van der Waals surface area contributed by atoms with E-state index in [9.17, 15) is 0 Å². The van der Waals surface area contributed by atoms with E-state index in [-0.39, 0.29) is 0 Å². The standard InChI is InChI=1S/C70H49N.C2H6/c1-3-19-57-46(2)20-17-35-58(57)70-63-33-15-13-31-61(63)67(62-32-14-16-34-64(62)70)51-25-18-28-55(44-51)71(54-26-5-4-6-27-54)56-40-41-65-66(45-56)69(53-39-37-48-22-8-10-24-50(48)43-53)60-30-12-11-29-59(60)68(65)52-38-36-47-21-7-9-23-49(47)42-52;1-2/h3-45H,1-2H3;1-2H3/b19-3-;. The lowest BCUT2D eigenvalue weighted by atomic mass is 9.84. The molecule has 0 atom stereocenters. The quantitative estimate of drug-likeness (QED) is 0.137. The van der Waals surface area contributed by atoms with Gasteiger partial charge < -0.3 is 4.90 Å². The topological polar surface area (TPSA) is 3.24 Å². The van der Waals surface area contributed by atoms with Gasteiger partial charge in [0.05, 0.1) is 0 Å². The van der Waals surface area contributed by atoms with Crippen molar-refractivity contribution < 1.29 is 0 Å². The Morgan fingerprint density at radius 2 is 0.726 bits per heavy atom. The summed E-state index contributed by atoms with van der Waals surface area (Å²) in [6.45, 7) is 8.32. The van der Waals surface area contributed by atoms with Crippen molar-refractivity contribution in [3.63, 3.8) is 0 Å². The minimum atomic E-state index is 1.09. The van der Waals surface area contributed by atoms with Gasteiger partial charge in [0.15, 0.2) is 0 Å². The smallest absolute Gasteiger partial charge is 0.0468 e. The van der Waals surface area contributed by atoms with E-state index in [1.807, 2.05) is 13.8 Å². The molecule has 0 N–H and O–H groups in total. The molecule has 0 heterocycles. The van der Waals surface area contributed by atoms with E-state index in [1.54, 1.807) is 0 Å². The van der Waals surface area contributed by atoms with Crippen molar-refractivity contribution in [1.82, 2.24) is 0 Å². The van der Waals surface area contributed by atoms with E-state index in [0.29, 0.717) is 0 Å². The first-order valence-electron chi connectivity index (χ1n) is 25.7. The third-order valence-electron chi connectivity index (χ3n) is 14.6. The van der Waals surface area contributed by atoms with Gasteiger partial charge in [-0.25, -0.2) is 0 Å². The lowest BCUT2D eigenvalue weighted by Gasteiger charge is -2.27. The summed E-state index contributed by atoms with van der Waals surface area (Å²) in [4.78, 5) is 2.44. The highest BCUT2D eigenvalue weighted by molar-refractivity contribution is 6.24. The fourth-order valence-electron chi connectivity index (χ4n) is 11.5. The van der Waals surface area contributed by atoms with Crippen LogP contribution in [0.25, 0.3) is 115 Å². The molecule has 0 amide bonds. The summed E-state index contributed by atoms with van der Waals surface area (Å²) in [6, 6.07) is 92.1. The van der Waals surface area contributed by atoms with E-state index >= 15 is 0 Å². The summed E-state index contributed by atoms with van der Waals surface area (Å²) in [5.74, 6) is 0. The van der Waals surface area contributed by atoms with E-state index < -0.39 is 0 Å². The molecule has 1 heteroatoms. The number of hydrogen-bond acceptors (Lipinski definition) is 1. The maximum absolute atomic E-state index is 2.44. The molecule has 0 aliphatic carbocycles. The Bertz CT molecular complexity index is 4200. The van der Waals surface area contributed by atoms with Crippen molar-refractivity contribution >= 4 is 87.8 Å². The van der Waals surface area contributed by atoms with Crippen LogP contribution in [0, 0.1) is 6.92 Å². The van der Waals surface area contributed by atoms with Crippen LogP contribution in [0.5, 0.6) is 0 Å². The summed E-state index contributed by atoms with van der Waals surface area (Å²) < 4.78 is 0. The fourth-order valence-corrected chi connectivity index (χ4v) is 11.5. The Kier molecular flexibility index (Phi) is 11.9. The summed E-state index contributed by atoms with van der Waals surface area (Å²) >= 11 is 0. The van der Waals surface area contributed by atoms with Gasteiger partial charge in [0.25, 0.3) is 0 Å². The van der Waals surface area contributed by atoms with Crippen molar-refractivity contribution in [2.24, 2.45) is 0 Å². The molecule has 73 heavy (non-hydrogen) atoms. The van der Waals surface area contributed by atoms with E-state index in [0.717, 1.165) is 17.1 Å². The number of allylic oxidation sites excluding steroid dienone is 1. The molecule has 13 aromatic rings. The summed E-state index contributed by atoms with van der Waals surface area (Å²) in [7, 11) is 0. The molecule has 0 saturated heterocycles. The summed E-state index contributed by atoms with van der Waals surface area (Å²) in [6.07, 6.45) is 4.41. The molecule has 0 aliphatic heterocycles. The van der Waals surface area contributed by atoms with Gasteiger partial charge in [-0.15, -0.1) is 0 Å². The zero-order valence-corrected chi connectivity index (χ0v) is 41.8. The highest BCUT2D eigenvalue weighted by Gasteiger charge is 2.23. The van der Waals surface area contributed by atoms with E-state index in [1.165, 1.54) is 120 Å². The maximum Gasteiger partial charge on any atom is 0.0468 e. The molecule has 0 fully saturated rings. The molecule has 13 rings (SSSR count). The van der Waals surface area contributed by atoms with Gasteiger partial charge in [-0.1, -0.05) is 226 Å². The Labute approximate surface area is 428 Å². The van der Waals surface area contributed by atoms with Crippen molar-refractivity contribution in [1.29, 1.82) is 0 Å². The Morgan fingerprint density at radius 1 is 0.301 bits per heavy atom. The van der Waals surface area contributed by atoms with Gasteiger partial charge in [-0.2, -0.15) is 0 Å². The molecular weight excluding hydrogens is 879 g/mol. The van der Waals surface area contributed by atoms with Gasteiger partial charge in [0.2, 0.25) is 0 Å². The van der Waals surface area contributed by atoms with Gasteiger partial charge in [0, 0.05) is 17.1 Å². The predicted octanol–water partition coefficient (Wildman–Crippen LogP) is 21.1. The summed E-state index contributed by atoms with van der Waals surface area (Å²) in [5, 5.41) is 14.8. The second-order valence-corrected chi connectivity index (χ2v) is 18.7. The Balaban J connectivity index is 0.00000268. The summed E-state index contributed by atoms with van der Waals surface area (Å²) in [5.41, 5.74) is 15.6. The molecule has 0 aromatic heterocycles. The van der Waals surface area contributed by atoms with Crippen LogP contribution < -0.4 is 4.90 Å². The number of benzene rings is 13. The van der Waals surface area contributed by atoms with Crippen LogP contribution in [0.3, 0.4) is 0 Å². The van der Waals surface area contributed by atoms with Crippen LogP contribution in [0.2, 0.25) is 0 Å². The number of fused-ring (bicyclic) bond motifs is 6. The minimum absolute atomic E-state index is 1.09. The SMILES string of the molecule is C/C=C\c1c(C)cccc1-c1c2ccccc2c(-c2cccc(N(c3ccccc3)c3ccc4c(-c5ccc6ccccc6c5)c5ccccc5c(-c5ccc6ccccc6c5)c4c3)c2)c2ccccc12.CC. The molecular formula is C72H55N. The van der Waals surface area contributed by atoms with E-state index in [2.05, 4.69) is 280 Å². The first-order chi connectivity index (χ1) is 36.1. The second kappa shape index (κ2) is 19.3. The molecule has 0 radical (unpaired) electrons. The lowest BCUT2D eigenvalue weighted by molar-refractivity contribution is 1.29. The van der Waals surface area contributed by atoms with Gasteiger partial charge >= 0.3 is 0 Å². The number of hydrogen-bond donors (Lipinski definition) is 0. The Morgan fingerprint density at radius 3 is 1.27 bits per heavy atom. The first-order valence-corrected chi connectivity index (χ1v) is 25.7. The molecule has 0 bridgehead atoms. The molecule has 1 nitrogen and oxygen atoms in total. The van der Waals surface area contributed by atoms with Gasteiger partial charge in [-0.05, 0) is 183 Å². The molecule has 13 aromatic carbocycles. The van der Waals surface area contributed by atoms with Crippen LogP contribution in [0.1, 0.15) is 31.9 Å². The van der Waals surface area contributed by atoms with Crippen LogP contribution in [-0.4, -0.2) is 0 Å². The molecule has 0 saturated carbocycles. The zero-order valence-electron chi connectivity index (χ0n) is 41.8. The maximum atomic E-state index is 2.44. The third kappa shape index (κ3) is 7.91. The monoisotopic (exact) mass is 933 g/mol. The van der Waals surface area contributed by atoms with E-state index in [4.69, 9.17) is 0 Å². The number of aryl methyl sites for hydroxylation is 1. The van der Waals surface area contributed by atoms with Gasteiger partial charge in [-0.3, -0.25) is 0 Å². The first kappa shape index (κ1) is 45.1. The number of rotatable bonds is 8. The average molecular weight is 934 g/mol. The highest BCUT2D eigenvalue weighted by atomic mass is 15.1. The van der Waals surface area contributed by atoms with Crippen LogP contribution in [0.15, 0.2) is 255 Å². The Hall–Kier alpha value is -9.04. The number of anilines is 3. The predicted molar refractivity (Wildman–Crippen MR) is 319 cm³/mol. The number of para-hydroxylation sites is 1. The highest BCUT2D eigenvalue weighted by Crippen LogP contribution is 2.49. The third-order valence-corrected chi connectivity index (χ3v) is 14.6. The minimum Gasteiger partial charge on any atom is -0.310 e. The molecule has 0 unspecified atom stereocenters. The van der Waals surface area contributed by atoms with Crippen LogP contribution in [0.4, 0.5) is 17.1 Å². The van der Waals surface area contributed by atoms with Crippen molar-refractivity contribution in [2.45, 2.75) is 27.7 Å². The zero-order chi connectivity index (χ0) is 49.4. The second-order valence-electron chi connectivity index (χ2n) is 18.7. The van der Waals surface area contributed by atoms with Crippen LogP contribution in [-0.2, 0) is 0 Å². The molecule has 348 valence electrons. The van der Waals surface area contributed by atoms with Crippen molar-refractivity contribution in [2.75, 3.05) is 4.90 Å². The molecule has 0 spiro atoms. The van der Waals surface area contributed by atoms with Crippen molar-refractivity contribution in [3.8, 4) is 44.5 Å². The average Bonchev–Trinajstić information content (AvgIpc) is 3.45. The number of nitrogens with zero attached hydrogens (tertiary/aromatic N) is 1.